The number of aromatic nitrogens is 3. The van der Waals surface area contributed by atoms with E-state index in [2.05, 4.69) is 10.1 Å². The third-order valence-electron chi connectivity index (χ3n) is 2.30. The summed E-state index contributed by atoms with van der Waals surface area (Å²) in [6.07, 6.45) is 2.37. The number of nitrogens with two attached hydrogens (primary N) is 1. The molecule has 0 radical (unpaired) electrons. The van der Waals surface area contributed by atoms with Crippen LogP contribution in [0.3, 0.4) is 0 Å². The standard InChI is InChI=1S/C11H13ClN4S/c1-16-11(14-7-15-16)17-10-3-2-8(4-5-13)6-9(10)12/h2-3,6-7H,4-5,13H2,1H3. The van der Waals surface area contributed by atoms with Crippen LogP contribution in [0.1, 0.15) is 5.56 Å². The van der Waals surface area contributed by atoms with Crippen LogP contribution in [-0.4, -0.2) is 21.3 Å². The number of benzene rings is 1. The summed E-state index contributed by atoms with van der Waals surface area (Å²) in [7, 11) is 1.85. The molecule has 0 bridgehead atoms. The minimum Gasteiger partial charge on any atom is -0.330 e. The molecule has 6 heteroatoms. The van der Waals surface area contributed by atoms with Gasteiger partial charge in [-0.15, -0.1) is 0 Å². The molecule has 90 valence electrons. The quantitative estimate of drug-likeness (QED) is 0.923. The van der Waals surface area contributed by atoms with E-state index in [4.69, 9.17) is 17.3 Å². The zero-order valence-electron chi connectivity index (χ0n) is 9.43. The molecule has 0 atom stereocenters. The van der Waals surface area contributed by atoms with Crippen LogP contribution in [0.15, 0.2) is 34.6 Å². The van der Waals surface area contributed by atoms with Crippen molar-refractivity contribution in [2.75, 3.05) is 6.54 Å². The third-order valence-corrected chi connectivity index (χ3v) is 3.85. The van der Waals surface area contributed by atoms with Crippen LogP contribution in [0, 0.1) is 0 Å². The average Bonchev–Trinajstić information content (AvgIpc) is 2.69. The predicted molar refractivity (Wildman–Crippen MR) is 69.3 cm³/mol. The Bertz CT molecular complexity index is 512. The van der Waals surface area contributed by atoms with Crippen molar-refractivity contribution in [2.24, 2.45) is 12.8 Å². The molecule has 1 aromatic heterocycles. The van der Waals surface area contributed by atoms with Crippen molar-refractivity contribution in [3.8, 4) is 0 Å². The molecular formula is C11H13ClN4S. The lowest BCUT2D eigenvalue weighted by molar-refractivity contribution is 0.685. The summed E-state index contributed by atoms with van der Waals surface area (Å²) in [6, 6.07) is 5.98. The Morgan fingerprint density at radius 3 is 2.88 bits per heavy atom. The minimum atomic E-state index is 0.631. The summed E-state index contributed by atoms with van der Waals surface area (Å²) >= 11 is 7.72. The first-order chi connectivity index (χ1) is 8.20. The van der Waals surface area contributed by atoms with Crippen molar-refractivity contribution in [3.05, 3.63) is 35.1 Å². The van der Waals surface area contributed by atoms with Crippen molar-refractivity contribution >= 4 is 23.4 Å². The van der Waals surface area contributed by atoms with E-state index < -0.39 is 0 Å². The maximum atomic E-state index is 6.22. The zero-order chi connectivity index (χ0) is 12.3. The van der Waals surface area contributed by atoms with Gasteiger partial charge in [0.05, 0.1) is 5.02 Å². The largest absolute Gasteiger partial charge is 0.330 e. The van der Waals surface area contributed by atoms with E-state index in [9.17, 15) is 0 Å². The average molecular weight is 269 g/mol. The van der Waals surface area contributed by atoms with E-state index in [0.29, 0.717) is 6.54 Å². The first kappa shape index (κ1) is 12.4. The van der Waals surface area contributed by atoms with Gasteiger partial charge >= 0.3 is 0 Å². The van der Waals surface area contributed by atoms with Gasteiger partial charge in [-0.1, -0.05) is 17.7 Å². The fourth-order valence-corrected chi connectivity index (χ4v) is 2.51. The van der Waals surface area contributed by atoms with Crippen LogP contribution in [0.25, 0.3) is 0 Å². The Balaban J connectivity index is 2.19. The number of hydrogen-bond donors (Lipinski definition) is 1. The molecule has 4 nitrogen and oxygen atoms in total. The molecule has 0 aliphatic carbocycles. The van der Waals surface area contributed by atoms with Crippen LogP contribution in [0.2, 0.25) is 5.02 Å². The van der Waals surface area contributed by atoms with Gasteiger partial charge in [-0.2, -0.15) is 5.10 Å². The van der Waals surface area contributed by atoms with Crippen molar-refractivity contribution in [1.29, 1.82) is 0 Å². The molecule has 2 rings (SSSR count). The molecule has 0 amide bonds. The topological polar surface area (TPSA) is 56.7 Å². The van der Waals surface area contributed by atoms with Gasteiger partial charge in [-0.05, 0) is 42.4 Å². The Morgan fingerprint density at radius 1 is 1.47 bits per heavy atom. The highest BCUT2D eigenvalue weighted by atomic mass is 35.5. The molecule has 0 aliphatic heterocycles. The molecule has 0 saturated heterocycles. The van der Waals surface area contributed by atoms with Crippen molar-refractivity contribution in [3.63, 3.8) is 0 Å². The second kappa shape index (κ2) is 5.53. The van der Waals surface area contributed by atoms with Crippen LogP contribution in [0.5, 0.6) is 0 Å². The van der Waals surface area contributed by atoms with Crippen LogP contribution in [-0.2, 0) is 13.5 Å². The number of halogens is 1. The molecule has 0 fully saturated rings. The fraction of sp³-hybridized carbons (Fsp3) is 0.273. The lowest BCUT2D eigenvalue weighted by Gasteiger charge is -2.05. The van der Waals surface area contributed by atoms with Gasteiger partial charge in [0.15, 0.2) is 5.16 Å². The fourth-order valence-electron chi connectivity index (χ4n) is 1.43. The minimum absolute atomic E-state index is 0.631. The third kappa shape index (κ3) is 3.00. The molecule has 0 spiro atoms. The van der Waals surface area contributed by atoms with Gasteiger partial charge in [0.2, 0.25) is 0 Å². The maximum absolute atomic E-state index is 6.22. The monoisotopic (exact) mass is 268 g/mol. The Morgan fingerprint density at radius 2 is 2.29 bits per heavy atom. The van der Waals surface area contributed by atoms with Gasteiger partial charge in [0.25, 0.3) is 0 Å². The highest BCUT2D eigenvalue weighted by Crippen LogP contribution is 2.32. The smallest absolute Gasteiger partial charge is 0.190 e. The maximum Gasteiger partial charge on any atom is 0.190 e. The summed E-state index contributed by atoms with van der Waals surface area (Å²) < 4.78 is 1.72. The van der Waals surface area contributed by atoms with Gasteiger partial charge in [0.1, 0.15) is 6.33 Å². The van der Waals surface area contributed by atoms with E-state index in [1.54, 1.807) is 4.68 Å². The lowest BCUT2D eigenvalue weighted by atomic mass is 10.1. The number of nitrogens with zero attached hydrogens (tertiary/aromatic N) is 3. The lowest BCUT2D eigenvalue weighted by Crippen LogP contribution is -2.02. The van der Waals surface area contributed by atoms with Gasteiger partial charge < -0.3 is 5.73 Å². The summed E-state index contributed by atoms with van der Waals surface area (Å²) in [5.41, 5.74) is 6.66. The second-order valence-electron chi connectivity index (χ2n) is 3.57. The molecule has 0 unspecified atom stereocenters. The zero-order valence-corrected chi connectivity index (χ0v) is 11.0. The second-order valence-corrected chi connectivity index (χ2v) is 4.99. The van der Waals surface area contributed by atoms with Crippen LogP contribution < -0.4 is 5.73 Å². The Hall–Kier alpha value is -1.04. The summed E-state index contributed by atoms with van der Waals surface area (Å²) in [5, 5.41) is 5.56. The van der Waals surface area contributed by atoms with Crippen LogP contribution >= 0.6 is 23.4 Å². The van der Waals surface area contributed by atoms with Crippen molar-refractivity contribution < 1.29 is 0 Å². The Kier molecular flexibility index (Phi) is 4.04. The summed E-state index contributed by atoms with van der Waals surface area (Å²) in [6.45, 7) is 0.631. The molecule has 0 aliphatic rings. The van der Waals surface area contributed by atoms with Gasteiger partial charge in [-0.25, -0.2) is 9.67 Å². The Labute approximate surface area is 109 Å². The van der Waals surface area contributed by atoms with E-state index in [1.165, 1.54) is 18.1 Å². The number of rotatable bonds is 4. The van der Waals surface area contributed by atoms with Crippen LogP contribution in [0.4, 0.5) is 0 Å². The normalized spacial score (nSPS) is 10.8. The SMILES string of the molecule is Cn1ncnc1Sc1ccc(CCN)cc1Cl. The molecule has 1 aromatic carbocycles. The molecule has 0 saturated carbocycles. The van der Waals surface area contributed by atoms with Gasteiger partial charge in [-0.3, -0.25) is 0 Å². The molecular weight excluding hydrogens is 256 g/mol. The molecule has 2 N–H and O–H groups in total. The molecule has 2 aromatic rings. The molecule has 1 heterocycles. The first-order valence-electron chi connectivity index (χ1n) is 5.21. The first-order valence-corrected chi connectivity index (χ1v) is 6.40. The number of aryl methyl sites for hydroxylation is 1. The highest BCUT2D eigenvalue weighted by molar-refractivity contribution is 7.99. The van der Waals surface area contributed by atoms with E-state index in [0.717, 1.165) is 27.1 Å². The predicted octanol–water partition coefficient (Wildman–Crippen LogP) is 2.12. The van der Waals surface area contributed by atoms with E-state index in [1.807, 2.05) is 25.2 Å². The van der Waals surface area contributed by atoms with E-state index >= 15 is 0 Å². The number of hydrogen-bond acceptors (Lipinski definition) is 4. The van der Waals surface area contributed by atoms with E-state index in [-0.39, 0.29) is 0 Å². The van der Waals surface area contributed by atoms with Crippen molar-refractivity contribution in [1.82, 2.24) is 14.8 Å². The van der Waals surface area contributed by atoms with Crippen molar-refractivity contribution in [2.45, 2.75) is 16.5 Å². The molecule has 17 heavy (non-hydrogen) atoms. The summed E-state index contributed by atoms with van der Waals surface area (Å²) in [4.78, 5) is 5.12. The summed E-state index contributed by atoms with van der Waals surface area (Å²) in [5.74, 6) is 0. The van der Waals surface area contributed by atoms with Gasteiger partial charge in [0, 0.05) is 11.9 Å². The highest BCUT2D eigenvalue weighted by Gasteiger charge is 2.07.